The van der Waals surface area contributed by atoms with Crippen molar-refractivity contribution in [1.82, 2.24) is 5.32 Å². The van der Waals surface area contributed by atoms with Gasteiger partial charge in [0.2, 0.25) is 5.91 Å². The second kappa shape index (κ2) is 4.35. The number of carbonyl (C=O) groups excluding carboxylic acids is 2. The third-order valence-corrected chi connectivity index (χ3v) is 1.93. The summed E-state index contributed by atoms with van der Waals surface area (Å²) in [5.41, 5.74) is 5.40. The zero-order chi connectivity index (χ0) is 12.3. The summed E-state index contributed by atoms with van der Waals surface area (Å²) in [6.45, 7) is 5.62. The predicted molar refractivity (Wildman–Crippen MR) is 62.2 cm³/mol. The summed E-state index contributed by atoms with van der Waals surface area (Å²) in [5, 5.41) is 2.78. The van der Waals surface area contributed by atoms with E-state index in [1.807, 2.05) is 20.8 Å². The van der Waals surface area contributed by atoms with Crippen molar-refractivity contribution in [2.75, 3.05) is 0 Å². The lowest BCUT2D eigenvalue weighted by atomic mass is 10.0. The summed E-state index contributed by atoms with van der Waals surface area (Å²) in [6, 6.07) is 6.50. The number of hydrogen-bond donors (Lipinski definition) is 2. The molecule has 0 bridgehead atoms. The van der Waals surface area contributed by atoms with Crippen LogP contribution in [0.25, 0.3) is 0 Å². The van der Waals surface area contributed by atoms with E-state index in [0.29, 0.717) is 5.56 Å². The van der Waals surface area contributed by atoms with Crippen LogP contribution in [0.2, 0.25) is 0 Å². The molecule has 0 aromatic heterocycles. The van der Waals surface area contributed by atoms with E-state index in [4.69, 9.17) is 5.73 Å². The number of hydrogen-bond acceptors (Lipinski definition) is 2. The molecule has 4 nitrogen and oxygen atoms in total. The molecule has 86 valence electrons. The molecule has 0 unspecified atom stereocenters. The Morgan fingerprint density at radius 2 is 1.62 bits per heavy atom. The van der Waals surface area contributed by atoms with Crippen LogP contribution in [0.4, 0.5) is 0 Å². The van der Waals surface area contributed by atoms with Crippen molar-refractivity contribution < 1.29 is 9.59 Å². The highest BCUT2D eigenvalue weighted by atomic mass is 16.2. The molecule has 0 fully saturated rings. The Bertz CT molecular complexity index is 419. The molecule has 0 aliphatic rings. The van der Waals surface area contributed by atoms with Crippen molar-refractivity contribution in [3.8, 4) is 0 Å². The van der Waals surface area contributed by atoms with Gasteiger partial charge in [0.15, 0.2) is 0 Å². The van der Waals surface area contributed by atoms with Crippen molar-refractivity contribution in [3.05, 3.63) is 35.4 Å². The first-order valence-corrected chi connectivity index (χ1v) is 5.02. The molecule has 0 saturated carbocycles. The zero-order valence-electron chi connectivity index (χ0n) is 9.70. The molecule has 1 rings (SSSR count). The maximum absolute atomic E-state index is 11.9. The van der Waals surface area contributed by atoms with Gasteiger partial charge in [0.25, 0.3) is 5.91 Å². The zero-order valence-corrected chi connectivity index (χ0v) is 9.70. The van der Waals surface area contributed by atoms with Crippen LogP contribution in [-0.4, -0.2) is 17.4 Å². The standard InChI is InChI=1S/C12H16N2O2/c1-12(2,3)14-11(16)9-7-5-4-6-8(9)10(13)15/h4-7H,1-3H3,(H2,13,15)(H,14,16). The second-order valence-electron chi connectivity index (χ2n) is 4.61. The summed E-state index contributed by atoms with van der Waals surface area (Å²) < 4.78 is 0. The summed E-state index contributed by atoms with van der Waals surface area (Å²) in [6.07, 6.45) is 0. The van der Waals surface area contributed by atoms with Crippen LogP contribution >= 0.6 is 0 Å². The van der Waals surface area contributed by atoms with Crippen molar-refractivity contribution in [1.29, 1.82) is 0 Å². The molecule has 0 aliphatic carbocycles. The quantitative estimate of drug-likeness (QED) is 0.788. The maximum atomic E-state index is 11.9. The monoisotopic (exact) mass is 220 g/mol. The van der Waals surface area contributed by atoms with Crippen LogP contribution in [0.15, 0.2) is 24.3 Å². The predicted octanol–water partition coefficient (Wildman–Crippen LogP) is 1.31. The fourth-order valence-electron chi connectivity index (χ4n) is 1.30. The van der Waals surface area contributed by atoms with Crippen molar-refractivity contribution >= 4 is 11.8 Å². The third kappa shape index (κ3) is 3.08. The van der Waals surface area contributed by atoms with Gasteiger partial charge in [-0.1, -0.05) is 12.1 Å². The van der Waals surface area contributed by atoms with Gasteiger partial charge in [0.1, 0.15) is 0 Å². The Hall–Kier alpha value is -1.84. The molecule has 0 spiro atoms. The van der Waals surface area contributed by atoms with Crippen molar-refractivity contribution in [3.63, 3.8) is 0 Å². The molecule has 4 heteroatoms. The minimum absolute atomic E-state index is 0.240. The maximum Gasteiger partial charge on any atom is 0.252 e. The Balaban J connectivity index is 3.04. The molecule has 0 aliphatic heterocycles. The minimum atomic E-state index is -0.598. The van der Waals surface area contributed by atoms with Gasteiger partial charge in [0.05, 0.1) is 11.1 Å². The van der Waals surface area contributed by atoms with E-state index in [0.717, 1.165) is 0 Å². The van der Waals surface area contributed by atoms with Crippen molar-refractivity contribution in [2.45, 2.75) is 26.3 Å². The van der Waals surface area contributed by atoms with Gasteiger partial charge in [0, 0.05) is 5.54 Å². The molecule has 3 N–H and O–H groups in total. The first-order chi connectivity index (χ1) is 7.31. The molecule has 0 atom stereocenters. The highest BCUT2D eigenvalue weighted by Gasteiger charge is 2.19. The van der Waals surface area contributed by atoms with Crippen LogP contribution < -0.4 is 11.1 Å². The van der Waals surface area contributed by atoms with E-state index in [1.54, 1.807) is 24.3 Å². The van der Waals surface area contributed by atoms with Gasteiger partial charge in [-0.05, 0) is 32.9 Å². The van der Waals surface area contributed by atoms with Crippen LogP contribution in [-0.2, 0) is 0 Å². The molecule has 0 heterocycles. The fraction of sp³-hybridized carbons (Fsp3) is 0.333. The lowest BCUT2D eigenvalue weighted by molar-refractivity contribution is 0.0906. The molecule has 0 radical (unpaired) electrons. The minimum Gasteiger partial charge on any atom is -0.366 e. The summed E-state index contributed by atoms with van der Waals surface area (Å²) >= 11 is 0. The highest BCUT2D eigenvalue weighted by molar-refractivity contribution is 6.06. The summed E-state index contributed by atoms with van der Waals surface area (Å²) in [7, 11) is 0. The van der Waals surface area contributed by atoms with Crippen LogP contribution in [0.5, 0.6) is 0 Å². The van der Waals surface area contributed by atoms with E-state index in [1.165, 1.54) is 0 Å². The Labute approximate surface area is 94.8 Å². The summed E-state index contributed by atoms with van der Waals surface area (Å²) in [4.78, 5) is 23.0. The topological polar surface area (TPSA) is 72.2 Å². The number of rotatable bonds is 2. The van der Waals surface area contributed by atoms with Gasteiger partial charge in [-0.3, -0.25) is 9.59 Å². The van der Waals surface area contributed by atoms with E-state index in [2.05, 4.69) is 5.32 Å². The number of benzene rings is 1. The molecule has 2 amide bonds. The Morgan fingerprint density at radius 1 is 1.12 bits per heavy atom. The van der Waals surface area contributed by atoms with Gasteiger partial charge >= 0.3 is 0 Å². The largest absolute Gasteiger partial charge is 0.366 e. The second-order valence-corrected chi connectivity index (χ2v) is 4.61. The fourth-order valence-corrected chi connectivity index (χ4v) is 1.30. The van der Waals surface area contributed by atoms with E-state index < -0.39 is 5.91 Å². The average molecular weight is 220 g/mol. The molecule has 0 saturated heterocycles. The summed E-state index contributed by atoms with van der Waals surface area (Å²) in [5.74, 6) is -0.887. The number of amides is 2. The Morgan fingerprint density at radius 3 is 2.06 bits per heavy atom. The SMILES string of the molecule is CC(C)(C)NC(=O)c1ccccc1C(N)=O. The molecule has 1 aromatic carbocycles. The number of primary amides is 1. The molecule has 1 aromatic rings. The van der Waals surface area contributed by atoms with Gasteiger partial charge in [-0.25, -0.2) is 0 Å². The number of nitrogens with two attached hydrogens (primary N) is 1. The normalized spacial score (nSPS) is 10.9. The van der Waals surface area contributed by atoms with Crippen LogP contribution in [0, 0.1) is 0 Å². The average Bonchev–Trinajstić information content (AvgIpc) is 2.15. The lowest BCUT2D eigenvalue weighted by Crippen LogP contribution is -2.41. The van der Waals surface area contributed by atoms with E-state index in [9.17, 15) is 9.59 Å². The highest BCUT2D eigenvalue weighted by Crippen LogP contribution is 2.10. The smallest absolute Gasteiger partial charge is 0.252 e. The van der Waals surface area contributed by atoms with Gasteiger partial charge < -0.3 is 11.1 Å². The number of carbonyl (C=O) groups is 2. The molecular formula is C12H16N2O2. The molecule has 16 heavy (non-hydrogen) atoms. The number of nitrogens with one attached hydrogen (secondary N) is 1. The first kappa shape index (κ1) is 12.2. The van der Waals surface area contributed by atoms with Crippen molar-refractivity contribution in [2.24, 2.45) is 5.73 Å². The lowest BCUT2D eigenvalue weighted by Gasteiger charge is -2.21. The third-order valence-electron chi connectivity index (χ3n) is 1.93. The van der Waals surface area contributed by atoms with E-state index >= 15 is 0 Å². The van der Waals surface area contributed by atoms with Crippen LogP contribution in [0.1, 0.15) is 41.5 Å². The molecular weight excluding hydrogens is 204 g/mol. The first-order valence-electron chi connectivity index (χ1n) is 5.02. The van der Waals surface area contributed by atoms with Gasteiger partial charge in [-0.2, -0.15) is 0 Å². The van der Waals surface area contributed by atoms with Gasteiger partial charge in [-0.15, -0.1) is 0 Å². The Kier molecular flexibility index (Phi) is 3.32. The van der Waals surface area contributed by atoms with E-state index in [-0.39, 0.29) is 17.0 Å². The van der Waals surface area contributed by atoms with Crippen LogP contribution in [0.3, 0.4) is 0 Å².